The molecule has 1 aliphatic rings. The second-order valence-corrected chi connectivity index (χ2v) is 5.60. The van der Waals surface area contributed by atoms with Crippen molar-refractivity contribution in [2.45, 2.75) is 25.2 Å². The Labute approximate surface area is 120 Å². The number of nitrogens with zero attached hydrogens (tertiary/aromatic N) is 4. The molecule has 2 aromatic rings. The van der Waals surface area contributed by atoms with E-state index in [-0.39, 0.29) is 0 Å². The maximum absolute atomic E-state index is 4.39. The van der Waals surface area contributed by atoms with Gasteiger partial charge in [-0.2, -0.15) is 0 Å². The smallest absolute Gasteiger partial charge is 0.109 e. The summed E-state index contributed by atoms with van der Waals surface area (Å²) in [7, 11) is 2.07. The Bertz CT molecular complexity index is 526. The number of aryl methyl sites for hydroxylation is 1. The van der Waals surface area contributed by atoms with E-state index >= 15 is 0 Å². The molecule has 0 unspecified atom stereocenters. The highest BCUT2D eigenvalue weighted by Gasteiger charge is 2.20. The van der Waals surface area contributed by atoms with Crippen molar-refractivity contribution < 1.29 is 0 Å². The van der Waals surface area contributed by atoms with E-state index in [0.717, 1.165) is 13.0 Å². The van der Waals surface area contributed by atoms with Crippen LogP contribution in [-0.4, -0.2) is 39.1 Å². The minimum atomic E-state index is 0.711. The first-order valence-corrected chi connectivity index (χ1v) is 7.41. The summed E-state index contributed by atoms with van der Waals surface area (Å²) in [6.45, 7) is 3.50. The van der Waals surface area contributed by atoms with Crippen LogP contribution in [0.5, 0.6) is 0 Å². The second-order valence-electron chi connectivity index (χ2n) is 5.60. The molecule has 2 aromatic heterocycles. The number of likely N-dealkylation sites (tertiary alicyclic amines) is 1. The molecule has 0 N–H and O–H groups in total. The zero-order chi connectivity index (χ0) is 13.8. The van der Waals surface area contributed by atoms with Crippen LogP contribution in [0.25, 0.3) is 0 Å². The maximum Gasteiger partial charge on any atom is 0.109 e. The van der Waals surface area contributed by atoms with Gasteiger partial charge in [-0.05, 0) is 49.5 Å². The minimum Gasteiger partial charge on any atom is -0.338 e. The van der Waals surface area contributed by atoms with E-state index in [2.05, 4.69) is 38.6 Å². The Hall–Kier alpha value is -1.68. The van der Waals surface area contributed by atoms with Crippen LogP contribution in [-0.2, 0) is 13.5 Å². The molecule has 1 saturated heterocycles. The van der Waals surface area contributed by atoms with Crippen molar-refractivity contribution in [3.63, 3.8) is 0 Å². The molecule has 4 nitrogen and oxygen atoms in total. The van der Waals surface area contributed by atoms with Crippen molar-refractivity contribution in [2.75, 3.05) is 19.6 Å². The molecule has 20 heavy (non-hydrogen) atoms. The highest BCUT2D eigenvalue weighted by atomic mass is 15.1. The van der Waals surface area contributed by atoms with E-state index in [1.807, 2.05) is 24.8 Å². The number of imidazole rings is 1. The van der Waals surface area contributed by atoms with Gasteiger partial charge in [0.2, 0.25) is 0 Å². The molecule has 106 valence electrons. The molecule has 3 rings (SSSR count). The number of aromatic nitrogens is 3. The summed E-state index contributed by atoms with van der Waals surface area (Å²) < 4.78 is 2.11. The van der Waals surface area contributed by atoms with E-state index in [1.165, 1.54) is 37.3 Å². The van der Waals surface area contributed by atoms with E-state index in [0.29, 0.717) is 5.92 Å². The second kappa shape index (κ2) is 6.18. The van der Waals surface area contributed by atoms with Crippen molar-refractivity contribution in [3.05, 3.63) is 48.3 Å². The van der Waals surface area contributed by atoms with Crippen LogP contribution in [0.2, 0.25) is 0 Å². The average Bonchev–Trinajstić information content (AvgIpc) is 2.92. The molecule has 0 radical (unpaired) electrons. The van der Waals surface area contributed by atoms with Gasteiger partial charge >= 0.3 is 0 Å². The summed E-state index contributed by atoms with van der Waals surface area (Å²) in [5, 5.41) is 0. The fraction of sp³-hybridized carbons (Fsp3) is 0.500. The summed E-state index contributed by atoms with van der Waals surface area (Å²) in [4.78, 5) is 11.1. The molecule has 0 amide bonds. The lowest BCUT2D eigenvalue weighted by atomic mass is 9.90. The molecular weight excluding hydrogens is 248 g/mol. The Morgan fingerprint density at radius 3 is 2.55 bits per heavy atom. The highest BCUT2D eigenvalue weighted by Crippen LogP contribution is 2.27. The van der Waals surface area contributed by atoms with Gasteiger partial charge in [0.15, 0.2) is 0 Å². The SMILES string of the molecule is Cn1ccnc1CCN1CCC(c2ccncc2)CC1. The van der Waals surface area contributed by atoms with Crippen LogP contribution in [0.4, 0.5) is 0 Å². The van der Waals surface area contributed by atoms with Crippen LogP contribution in [0, 0.1) is 0 Å². The summed E-state index contributed by atoms with van der Waals surface area (Å²) in [5.41, 5.74) is 1.45. The fourth-order valence-corrected chi connectivity index (χ4v) is 3.02. The lowest BCUT2D eigenvalue weighted by Gasteiger charge is -2.32. The van der Waals surface area contributed by atoms with Crippen molar-refractivity contribution in [1.29, 1.82) is 0 Å². The van der Waals surface area contributed by atoms with Crippen LogP contribution < -0.4 is 0 Å². The summed E-state index contributed by atoms with van der Waals surface area (Å²) in [6, 6.07) is 4.32. The normalized spacial score (nSPS) is 17.4. The average molecular weight is 270 g/mol. The molecule has 0 bridgehead atoms. The van der Waals surface area contributed by atoms with Gasteiger partial charge in [0.1, 0.15) is 5.82 Å². The predicted molar refractivity (Wildman–Crippen MR) is 79.6 cm³/mol. The quantitative estimate of drug-likeness (QED) is 0.854. The van der Waals surface area contributed by atoms with Crippen LogP contribution >= 0.6 is 0 Å². The third-order valence-electron chi connectivity index (χ3n) is 4.34. The van der Waals surface area contributed by atoms with Gasteiger partial charge in [-0.1, -0.05) is 0 Å². The van der Waals surface area contributed by atoms with Crippen molar-refractivity contribution >= 4 is 0 Å². The zero-order valence-corrected chi connectivity index (χ0v) is 12.1. The van der Waals surface area contributed by atoms with Crippen molar-refractivity contribution in [2.24, 2.45) is 7.05 Å². The topological polar surface area (TPSA) is 34.0 Å². The number of hydrogen-bond donors (Lipinski definition) is 0. The van der Waals surface area contributed by atoms with Gasteiger partial charge in [-0.15, -0.1) is 0 Å². The van der Waals surface area contributed by atoms with Gasteiger partial charge < -0.3 is 9.47 Å². The summed E-state index contributed by atoms with van der Waals surface area (Å²) in [6.07, 6.45) is 11.3. The van der Waals surface area contributed by atoms with E-state index in [9.17, 15) is 0 Å². The van der Waals surface area contributed by atoms with E-state index in [1.54, 1.807) is 0 Å². The molecule has 0 aliphatic carbocycles. The maximum atomic E-state index is 4.39. The molecule has 1 aliphatic heterocycles. The van der Waals surface area contributed by atoms with Gasteiger partial charge in [0.25, 0.3) is 0 Å². The third kappa shape index (κ3) is 3.07. The van der Waals surface area contributed by atoms with Crippen LogP contribution in [0.15, 0.2) is 36.9 Å². The molecule has 3 heterocycles. The van der Waals surface area contributed by atoms with Crippen LogP contribution in [0.1, 0.15) is 30.1 Å². The Balaban J connectivity index is 1.48. The highest BCUT2D eigenvalue weighted by molar-refractivity contribution is 5.16. The lowest BCUT2D eigenvalue weighted by Crippen LogP contribution is -2.34. The molecule has 0 atom stereocenters. The molecule has 0 saturated carbocycles. The predicted octanol–water partition coefficient (Wildman–Crippen LogP) is 2.24. The van der Waals surface area contributed by atoms with Gasteiger partial charge in [-0.25, -0.2) is 4.98 Å². The standard InChI is InChI=1S/C16H22N4/c1-19-13-9-18-16(19)6-12-20-10-4-15(5-11-20)14-2-7-17-8-3-14/h2-3,7-9,13,15H,4-6,10-12H2,1H3. The number of pyridine rings is 1. The molecular formula is C16H22N4. The Kier molecular flexibility index (Phi) is 4.11. The Morgan fingerprint density at radius 2 is 1.90 bits per heavy atom. The Morgan fingerprint density at radius 1 is 1.15 bits per heavy atom. The van der Waals surface area contributed by atoms with Crippen LogP contribution in [0.3, 0.4) is 0 Å². The molecule has 0 spiro atoms. The minimum absolute atomic E-state index is 0.711. The van der Waals surface area contributed by atoms with Crippen molar-refractivity contribution in [1.82, 2.24) is 19.4 Å². The lowest BCUT2D eigenvalue weighted by molar-refractivity contribution is 0.213. The monoisotopic (exact) mass is 270 g/mol. The first kappa shape index (κ1) is 13.3. The van der Waals surface area contributed by atoms with E-state index < -0.39 is 0 Å². The summed E-state index contributed by atoms with van der Waals surface area (Å²) in [5.74, 6) is 1.89. The molecule has 4 heteroatoms. The largest absolute Gasteiger partial charge is 0.338 e. The van der Waals surface area contributed by atoms with E-state index in [4.69, 9.17) is 0 Å². The zero-order valence-electron chi connectivity index (χ0n) is 12.1. The third-order valence-corrected chi connectivity index (χ3v) is 4.34. The summed E-state index contributed by atoms with van der Waals surface area (Å²) >= 11 is 0. The van der Waals surface area contributed by atoms with Gasteiger partial charge in [-0.3, -0.25) is 4.98 Å². The number of rotatable bonds is 4. The molecule has 1 fully saturated rings. The van der Waals surface area contributed by atoms with Gasteiger partial charge in [0, 0.05) is 44.8 Å². The number of piperidine rings is 1. The first-order chi connectivity index (χ1) is 9.83. The number of hydrogen-bond acceptors (Lipinski definition) is 3. The van der Waals surface area contributed by atoms with Crippen molar-refractivity contribution in [3.8, 4) is 0 Å². The molecule has 0 aromatic carbocycles. The first-order valence-electron chi connectivity index (χ1n) is 7.41. The van der Waals surface area contributed by atoms with Gasteiger partial charge in [0.05, 0.1) is 0 Å². The fourth-order valence-electron chi connectivity index (χ4n) is 3.02.